The summed E-state index contributed by atoms with van der Waals surface area (Å²) in [5.41, 5.74) is 0. The number of hydrogen-bond acceptors (Lipinski definition) is 4. The second-order valence-corrected chi connectivity index (χ2v) is 2.69. The molecule has 0 aromatic carbocycles. The summed E-state index contributed by atoms with van der Waals surface area (Å²) in [6, 6.07) is 0. The van der Waals surface area contributed by atoms with Gasteiger partial charge >= 0.3 is 0 Å². The highest BCUT2D eigenvalue weighted by Crippen LogP contribution is 1.83. The molecule has 4 heteroatoms. The fraction of sp³-hybridized carbons (Fsp3) is 1.00. The van der Waals surface area contributed by atoms with Crippen molar-refractivity contribution in [2.45, 2.75) is 61.7 Å². The molecule has 0 aliphatic heterocycles. The Hall–Kier alpha value is -0.160. The fourth-order valence-corrected chi connectivity index (χ4v) is 0.333. The normalized spacial score (nSPS) is 7.60. The summed E-state index contributed by atoms with van der Waals surface area (Å²) in [7, 11) is 1.00. The molecule has 15 heavy (non-hydrogen) atoms. The monoisotopic (exact) mass is 227 g/mol. The molecule has 0 aromatic heterocycles. The molecule has 0 aromatic rings. The molecule has 4 nitrogen and oxygen atoms in total. The van der Waals surface area contributed by atoms with Crippen molar-refractivity contribution in [2.75, 3.05) is 13.7 Å². The third kappa shape index (κ3) is 82.8. The number of aliphatic hydroxyl groups excluding tert-OH is 1. The van der Waals surface area contributed by atoms with E-state index in [-0.39, 0.29) is 21.0 Å². The predicted molar refractivity (Wildman–Crippen MR) is 68.8 cm³/mol. The van der Waals surface area contributed by atoms with E-state index in [1.807, 2.05) is 34.6 Å². The molecule has 0 saturated carbocycles. The lowest BCUT2D eigenvalue weighted by Gasteiger charge is -2.00. The van der Waals surface area contributed by atoms with Crippen LogP contribution in [0.3, 0.4) is 0 Å². The molecule has 0 amide bonds. The van der Waals surface area contributed by atoms with E-state index in [1.54, 1.807) is 0 Å². The van der Waals surface area contributed by atoms with Gasteiger partial charge in [0.2, 0.25) is 0 Å². The molecule has 0 rings (SSSR count). The van der Waals surface area contributed by atoms with Crippen LogP contribution < -0.4 is 5.90 Å². The number of nitrogens with two attached hydrogens (primary N) is 1. The third-order valence-corrected chi connectivity index (χ3v) is 0.772. The molecule has 0 aliphatic carbocycles. The lowest BCUT2D eigenvalue weighted by molar-refractivity contribution is 0.0800. The van der Waals surface area contributed by atoms with Gasteiger partial charge in [0.05, 0.1) is 12.2 Å². The maximum atomic E-state index is 7.00. The summed E-state index contributed by atoms with van der Waals surface area (Å²) in [5, 5.41) is 7.00. The molecule has 0 aliphatic rings. The van der Waals surface area contributed by atoms with Gasteiger partial charge in [-0.05, 0) is 34.6 Å². The van der Waals surface area contributed by atoms with E-state index in [0.29, 0.717) is 6.10 Å². The standard InChI is InChI=1S/C5H12O.C3H9NO.CH4O.2CH4/c1-4-6-5(2)3;1-3(2)5-4;1-2;;/h5H,4H2,1-3H3;3H,4H2,1-2H3;2H,1H3;2*1H4. The molecular formula is C11H33NO3. The topological polar surface area (TPSA) is 64.7 Å². The first-order chi connectivity index (χ1) is 6.04. The number of rotatable bonds is 3. The van der Waals surface area contributed by atoms with Gasteiger partial charge in [0.1, 0.15) is 0 Å². The van der Waals surface area contributed by atoms with Crippen molar-refractivity contribution < 1.29 is 14.7 Å². The molecule has 0 bridgehead atoms. The highest BCUT2D eigenvalue weighted by Gasteiger charge is 1.83. The van der Waals surface area contributed by atoms with Gasteiger partial charge in [0, 0.05) is 13.7 Å². The van der Waals surface area contributed by atoms with Crippen molar-refractivity contribution in [1.29, 1.82) is 0 Å². The molecule has 0 unspecified atom stereocenters. The summed E-state index contributed by atoms with van der Waals surface area (Å²) >= 11 is 0. The van der Waals surface area contributed by atoms with Gasteiger partial charge in [-0.2, -0.15) is 0 Å². The molecule has 0 spiro atoms. The summed E-state index contributed by atoms with van der Waals surface area (Å²) in [5.74, 6) is 4.67. The van der Waals surface area contributed by atoms with E-state index in [0.717, 1.165) is 13.7 Å². The van der Waals surface area contributed by atoms with Crippen molar-refractivity contribution in [3.8, 4) is 0 Å². The number of ether oxygens (including phenoxy) is 1. The van der Waals surface area contributed by atoms with E-state index in [2.05, 4.69) is 10.7 Å². The van der Waals surface area contributed by atoms with Crippen LogP contribution >= 0.6 is 0 Å². The maximum Gasteiger partial charge on any atom is 0.0731 e. The van der Waals surface area contributed by atoms with Gasteiger partial charge in [-0.25, -0.2) is 5.90 Å². The quantitative estimate of drug-likeness (QED) is 0.727. The van der Waals surface area contributed by atoms with Gasteiger partial charge in [-0.15, -0.1) is 0 Å². The zero-order valence-electron chi connectivity index (χ0n) is 9.70. The molecule has 0 radical (unpaired) electrons. The number of hydrogen-bond donors (Lipinski definition) is 2. The summed E-state index contributed by atoms with van der Waals surface area (Å²) in [4.78, 5) is 4.25. The van der Waals surface area contributed by atoms with E-state index in [4.69, 9.17) is 9.84 Å². The Balaban J connectivity index is -0.0000000344. The van der Waals surface area contributed by atoms with E-state index >= 15 is 0 Å². The first-order valence-corrected chi connectivity index (χ1v) is 4.46. The minimum absolute atomic E-state index is 0. The molecule has 0 fully saturated rings. The molecule has 0 saturated heterocycles. The second kappa shape index (κ2) is 29.2. The van der Waals surface area contributed by atoms with Crippen LogP contribution in [0.4, 0.5) is 0 Å². The minimum Gasteiger partial charge on any atom is -0.400 e. The van der Waals surface area contributed by atoms with Gasteiger partial charge in [-0.1, -0.05) is 14.9 Å². The van der Waals surface area contributed by atoms with Crippen LogP contribution in [-0.2, 0) is 9.57 Å². The Morgan fingerprint density at radius 3 is 1.27 bits per heavy atom. The largest absolute Gasteiger partial charge is 0.400 e. The molecule has 0 atom stereocenters. The Morgan fingerprint density at radius 2 is 1.27 bits per heavy atom. The highest BCUT2D eigenvalue weighted by atomic mass is 16.6. The molecular weight excluding hydrogens is 194 g/mol. The third-order valence-electron chi connectivity index (χ3n) is 0.772. The first-order valence-electron chi connectivity index (χ1n) is 4.46. The SMILES string of the molecule is C.C.CC(C)ON.CCOC(C)C.CO. The first kappa shape index (κ1) is 29.4. The second-order valence-electron chi connectivity index (χ2n) is 2.69. The van der Waals surface area contributed by atoms with Gasteiger partial charge in [0.25, 0.3) is 0 Å². The lowest BCUT2D eigenvalue weighted by atomic mass is 10.5. The van der Waals surface area contributed by atoms with E-state index < -0.39 is 0 Å². The smallest absolute Gasteiger partial charge is 0.0731 e. The predicted octanol–water partition coefficient (Wildman–Crippen LogP) is 2.60. The van der Waals surface area contributed by atoms with E-state index in [1.165, 1.54) is 0 Å². The van der Waals surface area contributed by atoms with Gasteiger partial charge < -0.3 is 14.7 Å². The van der Waals surface area contributed by atoms with Crippen LogP contribution in [-0.4, -0.2) is 31.0 Å². The van der Waals surface area contributed by atoms with Crippen LogP contribution in [0.25, 0.3) is 0 Å². The fourth-order valence-electron chi connectivity index (χ4n) is 0.333. The molecule has 0 heterocycles. The van der Waals surface area contributed by atoms with Crippen molar-refractivity contribution in [3.63, 3.8) is 0 Å². The summed E-state index contributed by atoms with van der Waals surface area (Å²) in [6.45, 7) is 10.6. The zero-order chi connectivity index (χ0) is 11.3. The van der Waals surface area contributed by atoms with Crippen LogP contribution in [0.15, 0.2) is 0 Å². The van der Waals surface area contributed by atoms with E-state index in [9.17, 15) is 0 Å². The van der Waals surface area contributed by atoms with Gasteiger partial charge in [-0.3, -0.25) is 0 Å². The van der Waals surface area contributed by atoms with Crippen LogP contribution in [0.2, 0.25) is 0 Å². The van der Waals surface area contributed by atoms with Crippen LogP contribution in [0, 0.1) is 0 Å². The minimum atomic E-state index is 0. The lowest BCUT2D eigenvalue weighted by Crippen LogP contribution is -2.07. The Kier molecular flexibility index (Phi) is 57.1. The summed E-state index contributed by atoms with van der Waals surface area (Å²) < 4.78 is 5.04. The van der Waals surface area contributed by atoms with Crippen molar-refractivity contribution in [2.24, 2.45) is 5.90 Å². The molecule has 100 valence electrons. The Labute approximate surface area is 96.7 Å². The van der Waals surface area contributed by atoms with Crippen molar-refractivity contribution in [3.05, 3.63) is 0 Å². The van der Waals surface area contributed by atoms with Gasteiger partial charge in [0.15, 0.2) is 0 Å². The molecule has 3 N–H and O–H groups in total. The van der Waals surface area contributed by atoms with Crippen LogP contribution in [0.5, 0.6) is 0 Å². The average molecular weight is 227 g/mol. The van der Waals surface area contributed by atoms with Crippen molar-refractivity contribution >= 4 is 0 Å². The maximum absolute atomic E-state index is 7.00. The Morgan fingerprint density at radius 1 is 1.00 bits per heavy atom. The summed E-state index contributed by atoms with van der Waals surface area (Å²) in [6.07, 6.45) is 0.560. The Bertz CT molecular complexity index is 68.9. The number of aliphatic hydroxyl groups is 1. The average Bonchev–Trinajstić information content (AvgIpc) is 2.09. The zero-order valence-corrected chi connectivity index (χ0v) is 9.70. The van der Waals surface area contributed by atoms with Crippen LogP contribution in [0.1, 0.15) is 49.5 Å². The van der Waals surface area contributed by atoms with Crippen molar-refractivity contribution in [1.82, 2.24) is 0 Å². The highest BCUT2D eigenvalue weighted by molar-refractivity contribution is 4.30.